The summed E-state index contributed by atoms with van der Waals surface area (Å²) in [5.74, 6) is 0.298. The van der Waals surface area contributed by atoms with Crippen molar-refractivity contribution in [1.82, 2.24) is 14.5 Å². The number of unbranched alkanes of at least 4 members (excludes halogenated alkanes) is 1. The molecule has 1 rings (SSSR count). The van der Waals surface area contributed by atoms with Gasteiger partial charge in [0, 0.05) is 26.2 Å². The van der Waals surface area contributed by atoms with E-state index in [4.69, 9.17) is 0 Å². The Labute approximate surface area is 118 Å². The lowest BCUT2D eigenvalue weighted by atomic mass is 10.3. The molecular weight excluding hydrogens is 262 g/mol. The number of rotatable bonds is 9. The molecule has 114 valence electrons. The first kappa shape index (κ1) is 16.9. The van der Waals surface area contributed by atoms with E-state index in [1.165, 1.54) is 0 Å². The van der Waals surface area contributed by atoms with Crippen molar-refractivity contribution < 1.29 is 8.42 Å². The molecule has 0 spiro atoms. The molecule has 0 saturated carbocycles. The summed E-state index contributed by atoms with van der Waals surface area (Å²) in [6, 6.07) is 0. The molecule has 1 fully saturated rings. The predicted molar refractivity (Wildman–Crippen MR) is 79.9 cm³/mol. The number of piperazine rings is 1. The molecule has 1 aliphatic heterocycles. The first-order valence-corrected chi connectivity index (χ1v) is 9.12. The number of nitrogens with one attached hydrogen (secondary N) is 1. The second kappa shape index (κ2) is 8.89. The molecule has 0 bridgehead atoms. The maximum Gasteiger partial charge on any atom is 0.214 e. The summed E-state index contributed by atoms with van der Waals surface area (Å²) in [5.41, 5.74) is 0. The van der Waals surface area contributed by atoms with Crippen LogP contribution in [-0.2, 0) is 10.0 Å². The van der Waals surface area contributed by atoms with Gasteiger partial charge in [-0.15, -0.1) is 0 Å². The fourth-order valence-electron chi connectivity index (χ4n) is 2.39. The van der Waals surface area contributed by atoms with E-state index in [0.717, 1.165) is 52.0 Å². The van der Waals surface area contributed by atoms with Gasteiger partial charge in [-0.25, -0.2) is 8.42 Å². The van der Waals surface area contributed by atoms with Crippen molar-refractivity contribution in [2.45, 2.75) is 33.1 Å². The standard InChI is InChI=1S/C13H29N3O2S/c1-3-8-15-9-11-16(12-10-15)19(17,18)13-6-5-7-14-4-2/h14H,3-13H2,1-2H3. The summed E-state index contributed by atoms with van der Waals surface area (Å²) >= 11 is 0. The van der Waals surface area contributed by atoms with Crippen LogP contribution in [0.1, 0.15) is 33.1 Å². The van der Waals surface area contributed by atoms with E-state index in [1.54, 1.807) is 4.31 Å². The van der Waals surface area contributed by atoms with Crippen LogP contribution < -0.4 is 5.32 Å². The van der Waals surface area contributed by atoms with Gasteiger partial charge in [-0.1, -0.05) is 13.8 Å². The van der Waals surface area contributed by atoms with Crippen LogP contribution in [0.2, 0.25) is 0 Å². The van der Waals surface area contributed by atoms with Crippen LogP contribution in [0.5, 0.6) is 0 Å². The quantitative estimate of drug-likeness (QED) is 0.637. The Balaban J connectivity index is 2.26. The number of sulfonamides is 1. The fraction of sp³-hybridized carbons (Fsp3) is 1.00. The van der Waals surface area contributed by atoms with Crippen LogP contribution >= 0.6 is 0 Å². The normalized spacial score (nSPS) is 18.8. The van der Waals surface area contributed by atoms with E-state index in [1.807, 2.05) is 0 Å². The molecule has 0 radical (unpaired) electrons. The SMILES string of the molecule is CCCN1CCN(S(=O)(=O)CCCCNCC)CC1. The number of hydrogen-bond donors (Lipinski definition) is 1. The van der Waals surface area contributed by atoms with Gasteiger partial charge in [0.25, 0.3) is 0 Å². The minimum Gasteiger partial charge on any atom is -0.317 e. The Morgan fingerprint density at radius 1 is 1.05 bits per heavy atom. The zero-order valence-electron chi connectivity index (χ0n) is 12.4. The average molecular weight is 291 g/mol. The molecule has 19 heavy (non-hydrogen) atoms. The number of nitrogens with zero attached hydrogens (tertiary/aromatic N) is 2. The van der Waals surface area contributed by atoms with E-state index in [-0.39, 0.29) is 0 Å². The van der Waals surface area contributed by atoms with Crippen molar-refractivity contribution in [1.29, 1.82) is 0 Å². The highest BCUT2D eigenvalue weighted by atomic mass is 32.2. The molecule has 1 aliphatic rings. The lowest BCUT2D eigenvalue weighted by Gasteiger charge is -2.33. The second-order valence-electron chi connectivity index (χ2n) is 5.12. The molecule has 0 atom stereocenters. The monoisotopic (exact) mass is 291 g/mol. The Hall–Kier alpha value is -0.170. The van der Waals surface area contributed by atoms with E-state index < -0.39 is 10.0 Å². The van der Waals surface area contributed by atoms with Crippen LogP contribution in [0.3, 0.4) is 0 Å². The van der Waals surface area contributed by atoms with E-state index in [2.05, 4.69) is 24.1 Å². The molecule has 1 heterocycles. The third-order valence-electron chi connectivity index (χ3n) is 3.52. The summed E-state index contributed by atoms with van der Waals surface area (Å²) in [4.78, 5) is 2.34. The minimum absolute atomic E-state index is 0.298. The van der Waals surface area contributed by atoms with Crippen molar-refractivity contribution in [3.05, 3.63) is 0 Å². The smallest absolute Gasteiger partial charge is 0.214 e. The largest absolute Gasteiger partial charge is 0.317 e. The molecule has 5 nitrogen and oxygen atoms in total. The summed E-state index contributed by atoms with van der Waals surface area (Å²) < 4.78 is 26.0. The number of hydrogen-bond acceptors (Lipinski definition) is 4. The summed E-state index contributed by atoms with van der Waals surface area (Å²) in [6.07, 6.45) is 2.82. The zero-order chi connectivity index (χ0) is 14.1. The fourth-order valence-corrected chi connectivity index (χ4v) is 3.93. The van der Waals surface area contributed by atoms with Crippen LogP contribution in [0.25, 0.3) is 0 Å². The van der Waals surface area contributed by atoms with E-state index in [9.17, 15) is 8.42 Å². The Morgan fingerprint density at radius 2 is 1.74 bits per heavy atom. The van der Waals surface area contributed by atoms with Gasteiger partial charge < -0.3 is 10.2 Å². The molecule has 0 amide bonds. The second-order valence-corrected chi connectivity index (χ2v) is 7.21. The topological polar surface area (TPSA) is 52.7 Å². The third kappa shape index (κ3) is 6.21. The highest BCUT2D eigenvalue weighted by molar-refractivity contribution is 7.89. The van der Waals surface area contributed by atoms with E-state index >= 15 is 0 Å². The first-order valence-electron chi connectivity index (χ1n) is 7.51. The first-order chi connectivity index (χ1) is 9.10. The summed E-state index contributed by atoms with van der Waals surface area (Å²) in [7, 11) is -3.03. The summed E-state index contributed by atoms with van der Waals surface area (Å²) in [6.45, 7) is 10.2. The zero-order valence-corrected chi connectivity index (χ0v) is 13.2. The Morgan fingerprint density at radius 3 is 2.32 bits per heavy atom. The van der Waals surface area contributed by atoms with Crippen LogP contribution in [0.15, 0.2) is 0 Å². The maximum atomic E-state index is 12.2. The molecule has 1 saturated heterocycles. The van der Waals surface area contributed by atoms with Crippen molar-refractivity contribution in [3.8, 4) is 0 Å². The minimum atomic E-state index is -3.03. The van der Waals surface area contributed by atoms with Crippen LogP contribution in [0.4, 0.5) is 0 Å². The molecule has 0 aliphatic carbocycles. The van der Waals surface area contributed by atoms with Crippen LogP contribution in [-0.4, -0.2) is 69.2 Å². The summed E-state index contributed by atoms with van der Waals surface area (Å²) in [5, 5.41) is 3.22. The third-order valence-corrected chi connectivity index (χ3v) is 5.48. The van der Waals surface area contributed by atoms with Gasteiger partial charge >= 0.3 is 0 Å². The highest BCUT2D eigenvalue weighted by Crippen LogP contribution is 2.10. The van der Waals surface area contributed by atoms with Crippen molar-refractivity contribution in [3.63, 3.8) is 0 Å². The molecule has 0 unspecified atom stereocenters. The lowest BCUT2D eigenvalue weighted by Crippen LogP contribution is -2.49. The van der Waals surface area contributed by atoms with Gasteiger partial charge in [-0.3, -0.25) is 0 Å². The molecular formula is C13H29N3O2S. The van der Waals surface area contributed by atoms with Gasteiger partial charge in [-0.2, -0.15) is 4.31 Å². The molecule has 0 aromatic rings. The highest BCUT2D eigenvalue weighted by Gasteiger charge is 2.25. The van der Waals surface area contributed by atoms with Gasteiger partial charge in [0.05, 0.1) is 5.75 Å². The van der Waals surface area contributed by atoms with Crippen LogP contribution in [0, 0.1) is 0 Å². The lowest BCUT2D eigenvalue weighted by molar-refractivity contribution is 0.188. The van der Waals surface area contributed by atoms with E-state index in [0.29, 0.717) is 18.8 Å². The van der Waals surface area contributed by atoms with Gasteiger partial charge in [0.1, 0.15) is 0 Å². The Kier molecular flexibility index (Phi) is 7.90. The Bertz CT molecular complexity index is 325. The molecule has 6 heteroatoms. The maximum absolute atomic E-state index is 12.2. The molecule has 1 N–H and O–H groups in total. The van der Waals surface area contributed by atoms with Gasteiger partial charge in [-0.05, 0) is 38.9 Å². The molecule has 0 aromatic carbocycles. The van der Waals surface area contributed by atoms with Gasteiger partial charge in [0.15, 0.2) is 0 Å². The van der Waals surface area contributed by atoms with Crippen molar-refractivity contribution >= 4 is 10.0 Å². The average Bonchev–Trinajstić information content (AvgIpc) is 2.39. The molecule has 0 aromatic heterocycles. The van der Waals surface area contributed by atoms with Crippen molar-refractivity contribution in [2.75, 3.05) is 51.6 Å². The van der Waals surface area contributed by atoms with Gasteiger partial charge in [0.2, 0.25) is 10.0 Å². The predicted octanol–water partition coefficient (Wildman–Crippen LogP) is 0.734. The van der Waals surface area contributed by atoms with Crippen molar-refractivity contribution in [2.24, 2.45) is 0 Å².